The fourth-order valence-electron chi connectivity index (χ4n) is 2.16. The summed E-state index contributed by atoms with van der Waals surface area (Å²) in [5, 5.41) is 0.535. The first-order valence-corrected chi connectivity index (χ1v) is 7.67. The van der Waals surface area contributed by atoms with Gasteiger partial charge >= 0.3 is 0 Å². The maximum Gasteiger partial charge on any atom is 0.254 e. The number of rotatable bonds is 2. The Morgan fingerprint density at radius 2 is 2.21 bits per heavy atom. The van der Waals surface area contributed by atoms with Gasteiger partial charge < -0.3 is 9.64 Å². The van der Waals surface area contributed by atoms with Crippen LogP contribution in [0.5, 0.6) is 0 Å². The summed E-state index contributed by atoms with van der Waals surface area (Å²) in [4.78, 5) is 14.2. The first-order chi connectivity index (χ1) is 8.99. The number of hydrogen-bond donors (Lipinski definition) is 0. The van der Waals surface area contributed by atoms with Crippen LogP contribution in [0, 0.1) is 0 Å². The predicted octanol–water partition coefficient (Wildman–Crippen LogP) is 3.57. The molecule has 1 aliphatic heterocycles. The highest BCUT2D eigenvalue weighted by Gasteiger charge is 2.28. The van der Waals surface area contributed by atoms with E-state index in [9.17, 15) is 4.79 Å². The molecule has 1 aromatic carbocycles. The van der Waals surface area contributed by atoms with Gasteiger partial charge in [-0.2, -0.15) is 0 Å². The molecule has 0 aromatic heterocycles. The van der Waals surface area contributed by atoms with E-state index in [2.05, 4.69) is 15.9 Å². The summed E-state index contributed by atoms with van der Waals surface area (Å²) >= 11 is 15.1. The van der Waals surface area contributed by atoms with Gasteiger partial charge in [-0.05, 0) is 25.1 Å². The summed E-state index contributed by atoms with van der Waals surface area (Å²) in [5.74, 6) is 0.335. The van der Waals surface area contributed by atoms with E-state index in [-0.39, 0.29) is 18.1 Å². The molecule has 0 aliphatic carbocycles. The average Bonchev–Trinajstić information content (AvgIpc) is 2.35. The zero-order valence-corrected chi connectivity index (χ0v) is 13.5. The van der Waals surface area contributed by atoms with Crippen molar-refractivity contribution in [3.63, 3.8) is 0 Å². The lowest BCUT2D eigenvalue weighted by molar-refractivity contribution is -0.0570. The molecule has 0 N–H and O–H groups in total. The van der Waals surface area contributed by atoms with Crippen molar-refractivity contribution in [2.24, 2.45) is 0 Å². The fraction of sp³-hybridized carbons (Fsp3) is 0.462. The van der Waals surface area contributed by atoms with E-state index in [0.717, 1.165) is 4.47 Å². The molecule has 1 aliphatic rings. The molecule has 19 heavy (non-hydrogen) atoms. The smallest absolute Gasteiger partial charge is 0.254 e. The summed E-state index contributed by atoms with van der Waals surface area (Å²) in [6, 6.07) is 5.19. The Hall–Kier alpha value is -0.290. The van der Waals surface area contributed by atoms with Crippen LogP contribution in [0.3, 0.4) is 0 Å². The lowest BCUT2D eigenvalue weighted by Gasteiger charge is -2.36. The van der Waals surface area contributed by atoms with Crippen LogP contribution in [-0.4, -0.2) is 42.0 Å². The SMILES string of the molecule is CC1CN(C(=O)c2cc(Cl)cc(Br)c2)CC(CCl)O1. The number of benzene rings is 1. The number of nitrogens with zero attached hydrogens (tertiary/aromatic N) is 1. The minimum atomic E-state index is -0.114. The standard InChI is InChI=1S/C13H14BrCl2NO2/c1-8-6-17(7-12(5-15)19-8)13(18)9-2-10(14)4-11(16)3-9/h2-4,8,12H,5-7H2,1H3. The largest absolute Gasteiger partial charge is 0.370 e. The molecule has 1 amide bonds. The topological polar surface area (TPSA) is 29.5 Å². The van der Waals surface area contributed by atoms with Gasteiger partial charge in [-0.25, -0.2) is 0 Å². The van der Waals surface area contributed by atoms with Crippen molar-refractivity contribution in [1.82, 2.24) is 4.90 Å². The summed E-state index contributed by atoms with van der Waals surface area (Å²) in [6.07, 6.45) is -0.124. The highest BCUT2D eigenvalue weighted by molar-refractivity contribution is 9.10. The van der Waals surface area contributed by atoms with Crippen molar-refractivity contribution in [3.05, 3.63) is 33.3 Å². The Morgan fingerprint density at radius 3 is 2.84 bits per heavy atom. The predicted molar refractivity (Wildman–Crippen MR) is 80.1 cm³/mol. The van der Waals surface area contributed by atoms with E-state index in [1.807, 2.05) is 6.92 Å². The number of halogens is 3. The second kappa shape index (κ2) is 6.44. The van der Waals surface area contributed by atoms with Crippen LogP contribution >= 0.6 is 39.1 Å². The van der Waals surface area contributed by atoms with Crippen LogP contribution in [-0.2, 0) is 4.74 Å². The lowest BCUT2D eigenvalue weighted by atomic mass is 10.1. The van der Waals surface area contributed by atoms with E-state index in [0.29, 0.717) is 29.6 Å². The third-order valence-electron chi connectivity index (χ3n) is 2.90. The lowest BCUT2D eigenvalue weighted by Crippen LogP contribution is -2.49. The fourth-order valence-corrected chi connectivity index (χ4v) is 3.19. The van der Waals surface area contributed by atoms with Crippen molar-refractivity contribution in [2.45, 2.75) is 19.1 Å². The number of carbonyl (C=O) groups is 1. The van der Waals surface area contributed by atoms with E-state index in [1.54, 1.807) is 23.1 Å². The first kappa shape index (κ1) is 15.1. The summed E-state index contributed by atoms with van der Waals surface area (Å²) in [6.45, 7) is 3.01. The van der Waals surface area contributed by atoms with Crippen molar-refractivity contribution in [2.75, 3.05) is 19.0 Å². The summed E-state index contributed by atoms with van der Waals surface area (Å²) < 4.78 is 6.43. The molecular weight excluding hydrogens is 353 g/mol. The Labute approximate surface area is 130 Å². The quantitative estimate of drug-likeness (QED) is 0.749. The van der Waals surface area contributed by atoms with Gasteiger partial charge in [0, 0.05) is 28.1 Å². The summed E-state index contributed by atoms with van der Waals surface area (Å²) in [5.41, 5.74) is 0.571. The zero-order chi connectivity index (χ0) is 14.0. The van der Waals surface area contributed by atoms with Crippen molar-refractivity contribution in [1.29, 1.82) is 0 Å². The normalized spacial score (nSPS) is 23.5. The minimum absolute atomic E-state index is 0.0101. The van der Waals surface area contributed by atoms with Crippen LogP contribution in [0.4, 0.5) is 0 Å². The molecule has 6 heteroatoms. The molecule has 1 saturated heterocycles. The molecule has 3 nitrogen and oxygen atoms in total. The molecule has 0 saturated carbocycles. The van der Waals surface area contributed by atoms with Crippen LogP contribution in [0.2, 0.25) is 5.02 Å². The average molecular weight is 367 g/mol. The van der Waals surface area contributed by atoms with Crippen LogP contribution < -0.4 is 0 Å². The second-order valence-corrected chi connectivity index (χ2v) is 6.25. The molecule has 0 spiro atoms. The van der Waals surface area contributed by atoms with Gasteiger partial charge in [0.05, 0.1) is 18.1 Å². The number of hydrogen-bond acceptors (Lipinski definition) is 2. The van der Waals surface area contributed by atoms with Crippen molar-refractivity contribution >= 4 is 45.0 Å². The van der Waals surface area contributed by atoms with Gasteiger partial charge in [-0.1, -0.05) is 27.5 Å². The minimum Gasteiger partial charge on any atom is -0.370 e. The Balaban J connectivity index is 2.18. The van der Waals surface area contributed by atoms with Gasteiger partial charge in [-0.3, -0.25) is 4.79 Å². The molecule has 2 rings (SSSR count). The van der Waals surface area contributed by atoms with Gasteiger partial charge in [0.2, 0.25) is 0 Å². The molecule has 104 valence electrons. The highest BCUT2D eigenvalue weighted by atomic mass is 79.9. The molecule has 1 aromatic rings. The number of alkyl halides is 1. The van der Waals surface area contributed by atoms with Gasteiger partial charge in [0.15, 0.2) is 0 Å². The number of amides is 1. The van der Waals surface area contributed by atoms with E-state index in [4.69, 9.17) is 27.9 Å². The Morgan fingerprint density at radius 1 is 1.47 bits per heavy atom. The summed E-state index contributed by atoms with van der Waals surface area (Å²) in [7, 11) is 0. The molecule has 0 radical (unpaired) electrons. The number of ether oxygens (including phenoxy) is 1. The van der Waals surface area contributed by atoms with E-state index < -0.39 is 0 Å². The molecule has 2 atom stereocenters. The van der Waals surface area contributed by atoms with Gasteiger partial charge in [0.1, 0.15) is 0 Å². The van der Waals surface area contributed by atoms with Crippen LogP contribution in [0.15, 0.2) is 22.7 Å². The van der Waals surface area contributed by atoms with Crippen molar-refractivity contribution in [3.8, 4) is 0 Å². The maximum atomic E-state index is 12.5. The molecular formula is C13H14BrCl2NO2. The molecule has 0 bridgehead atoms. The van der Waals surface area contributed by atoms with Crippen LogP contribution in [0.1, 0.15) is 17.3 Å². The van der Waals surface area contributed by atoms with Gasteiger partial charge in [-0.15, -0.1) is 11.6 Å². The Kier molecular flexibility index (Phi) is 5.12. The van der Waals surface area contributed by atoms with Gasteiger partial charge in [0.25, 0.3) is 5.91 Å². The maximum absolute atomic E-state index is 12.5. The second-order valence-electron chi connectivity index (χ2n) is 4.59. The molecule has 1 fully saturated rings. The zero-order valence-electron chi connectivity index (χ0n) is 10.4. The third kappa shape index (κ3) is 3.85. The number of morpholine rings is 1. The highest BCUT2D eigenvalue weighted by Crippen LogP contribution is 2.22. The first-order valence-electron chi connectivity index (χ1n) is 5.96. The number of carbonyl (C=O) groups excluding carboxylic acids is 1. The Bertz CT molecular complexity index is 463. The molecule has 2 unspecified atom stereocenters. The van der Waals surface area contributed by atoms with E-state index >= 15 is 0 Å². The molecule has 1 heterocycles. The third-order valence-corrected chi connectivity index (χ3v) is 3.92. The monoisotopic (exact) mass is 365 g/mol. The van der Waals surface area contributed by atoms with E-state index in [1.165, 1.54) is 0 Å². The van der Waals surface area contributed by atoms with Crippen molar-refractivity contribution < 1.29 is 9.53 Å². The van der Waals surface area contributed by atoms with Crippen LogP contribution in [0.25, 0.3) is 0 Å².